The molecule has 0 aliphatic rings. The lowest BCUT2D eigenvalue weighted by atomic mass is 10.3. The van der Waals surface area contributed by atoms with Gasteiger partial charge in [0.15, 0.2) is 9.84 Å². The van der Waals surface area contributed by atoms with Crippen molar-refractivity contribution in [2.75, 3.05) is 32.2 Å². The zero-order valence-electron chi connectivity index (χ0n) is 11.3. The molecule has 6 nitrogen and oxygen atoms in total. The Labute approximate surface area is 114 Å². The Bertz CT molecular complexity index is 664. The average Bonchev–Trinajstić information content (AvgIpc) is 2.28. The minimum atomic E-state index is -3.71. The van der Waals surface area contributed by atoms with Crippen LogP contribution in [0.25, 0.3) is 0 Å². The molecule has 0 amide bonds. The van der Waals surface area contributed by atoms with Crippen molar-refractivity contribution in [3.63, 3.8) is 0 Å². The van der Waals surface area contributed by atoms with Gasteiger partial charge in [0.2, 0.25) is 10.0 Å². The first-order valence-corrected chi connectivity index (χ1v) is 8.94. The number of nitrogens with zero attached hydrogens (tertiary/aromatic N) is 1. The number of anilines is 1. The third kappa shape index (κ3) is 3.46. The van der Waals surface area contributed by atoms with E-state index in [1.54, 1.807) is 0 Å². The fourth-order valence-electron chi connectivity index (χ4n) is 1.48. The monoisotopic (exact) mass is 306 g/mol. The smallest absolute Gasteiger partial charge is 0.244 e. The third-order valence-corrected chi connectivity index (χ3v) is 5.47. The Hall–Kier alpha value is -1.12. The van der Waals surface area contributed by atoms with Crippen molar-refractivity contribution in [2.24, 2.45) is 0 Å². The van der Waals surface area contributed by atoms with E-state index < -0.39 is 19.9 Å². The molecule has 19 heavy (non-hydrogen) atoms. The van der Waals surface area contributed by atoms with Crippen molar-refractivity contribution in [2.45, 2.75) is 16.7 Å². The number of hydrogen-bond donors (Lipinski definition) is 1. The molecule has 0 saturated heterocycles. The highest BCUT2D eigenvalue weighted by Gasteiger charge is 2.23. The fraction of sp³-hybridized carbons (Fsp3) is 0.455. The van der Waals surface area contributed by atoms with Crippen LogP contribution in [0.2, 0.25) is 0 Å². The second kappa shape index (κ2) is 5.48. The molecule has 108 valence electrons. The molecule has 0 heterocycles. The molecule has 0 bridgehead atoms. The summed E-state index contributed by atoms with van der Waals surface area (Å²) in [6.07, 6.45) is 1.04. The fourth-order valence-corrected chi connectivity index (χ4v) is 3.29. The number of sulfone groups is 1. The van der Waals surface area contributed by atoms with Crippen LogP contribution >= 0.6 is 0 Å². The first-order valence-electron chi connectivity index (χ1n) is 5.61. The Morgan fingerprint density at radius 2 is 1.74 bits per heavy atom. The molecule has 0 spiro atoms. The molecule has 0 aliphatic carbocycles. The van der Waals surface area contributed by atoms with E-state index in [4.69, 9.17) is 0 Å². The van der Waals surface area contributed by atoms with Gasteiger partial charge >= 0.3 is 0 Å². The predicted octanol–water partition coefficient (Wildman–Crippen LogP) is 0.772. The standard InChI is InChI=1S/C11H18N2O4S2/c1-5-12-10-7-6-9(18(4,14)15)8-11(10)19(16,17)13(2)3/h6-8,12H,5H2,1-4H3. The minimum Gasteiger partial charge on any atom is -0.384 e. The number of benzene rings is 1. The van der Waals surface area contributed by atoms with Crippen molar-refractivity contribution in [1.29, 1.82) is 0 Å². The van der Waals surface area contributed by atoms with E-state index >= 15 is 0 Å². The van der Waals surface area contributed by atoms with E-state index in [0.717, 1.165) is 10.6 Å². The van der Waals surface area contributed by atoms with E-state index in [1.165, 1.54) is 32.3 Å². The van der Waals surface area contributed by atoms with Crippen molar-refractivity contribution in [3.05, 3.63) is 18.2 Å². The van der Waals surface area contributed by atoms with E-state index in [-0.39, 0.29) is 9.79 Å². The molecular formula is C11H18N2O4S2. The van der Waals surface area contributed by atoms with E-state index in [1.807, 2.05) is 6.92 Å². The van der Waals surface area contributed by atoms with Crippen molar-refractivity contribution in [1.82, 2.24) is 4.31 Å². The van der Waals surface area contributed by atoms with E-state index in [0.29, 0.717) is 12.2 Å². The van der Waals surface area contributed by atoms with Crippen LogP contribution in [-0.2, 0) is 19.9 Å². The molecular weight excluding hydrogens is 288 g/mol. The summed E-state index contributed by atoms with van der Waals surface area (Å²) < 4.78 is 48.5. The van der Waals surface area contributed by atoms with E-state index in [2.05, 4.69) is 5.32 Å². The van der Waals surface area contributed by atoms with Gasteiger partial charge < -0.3 is 5.32 Å². The van der Waals surface area contributed by atoms with Gasteiger partial charge in [0.1, 0.15) is 4.90 Å². The summed E-state index contributed by atoms with van der Waals surface area (Å²) >= 11 is 0. The summed E-state index contributed by atoms with van der Waals surface area (Å²) in [5, 5.41) is 2.92. The molecule has 1 aromatic rings. The van der Waals surface area contributed by atoms with Crippen LogP contribution in [0.15, 0.2) is 28.0 Å². The summed E-state index contributed by atoms with van der Waals surface area (Å²) in [7, 11) is -4.36. The summed E-state index contributed by atoms with van der Waals surface area (Å²) in [5.41, 5.74) is 0.392. The summed E-state index contributed by atoms with van der Waals surface area (Å²) in [6.45, 7) is 2.37. The van der Waals surface area contributed by atoms with Crippen LogP contribution in [0, 0.1) is 0 Å². The van der Waals surface area contributed by atoms with Crippen LogP contribution in [0.5, 0.6) is 0 Å². The maximum atomic E-state index is 12.2. The second-order valence-electron chi connectivity index (χ2n) is 4.25. The van der Waals surface area contributed by atoms with Crippen molar-refractivity contribution >= 4 is 25.5 Å². The highest BCUT2D eigenvalue weighted by atomic mass is 32.2. The molecule has 1 N–H and O–H groups in total. The zero-order chi connectivity index (χ0) is 14.8. The van der Waals surface area contributed by atoms with E-state index in [9.17, 15) is 16.8 Å². The molecule has 1 rings (SSSR count). The molecule has 0 atom stereocenters. The molecule has 0 radical (unpaired) electrons. The van der Waals surface area contributed by atoms with Crippen molar-refractivity contribution < 1.29 is 16.8 Å². The van der Waals surface area contributed by atoms with Crippen LogP contribution in [0.1, 0.15) is 6.92 Å². The zero-order valence-corrected chi connectivity index (χ0v) is 13.0. The van der Waals surface area contributed by atoms with Crippen LogP contribution in [0.4, 0.5) is 5.69 Å². The molecule has 8 heteroatoms. The molecule has 0 aromatic heterocycles. The topological polar surface area (TPSA) is 83.5 Å². The maximum Gasteiger partial charge on any atom is 0.244 e. The molecule has 0 unspecified atom stereocenters. The van der Waals surface area contributed by atoms with Gasteiger partial charge in [0.05, 0.1) is 10.6 Å². The number of nitrogens with one attached hydrogen (secondary N) is 1. The molecule has 0 fully saturated rings. The summed E-state index contributed by atoms with van der Waals surface area (Å²) in [5.74, 6) is 0. The Morgan fingerprint density at radius 3 is 2.16 bits per heavy atom. The lowest BCUT2D eigenvalue weighted by Crippen LogP contribution is -2.23. The SMILES string of the molecule is CCNc1ccc(S(C)(=O)=O)cc1S(=O)(=O)N(C)C. The molecule has 1 aromatic carbocycles. The van der Waals surface area contributed by atoms with Crippen LogP contribution in [0.3, 0.4) is 0 Å². The van der Waals surface area contributed by atoms with Gasteiger partial charge in [-0.15, -0.1) is 0 Å². The molecule has 0 saturated carbocycles. The number of sulfonamides is 1. The van der Waals surface area contributed by atoms with Gasteiger partial charge in [-0.05, 0) is 25.1 Å². The van der Waals surface area contributed by atoms with Gasteiger partial charge in [0, 0.05) is 26.9 Å². The lowest BCUT2D eigenvalue weighted by molar-refractivity contribution is 0.521. The highest BCUT2D eigenvalue weighted by molar-refractivity contribution is 7.91. The van der Waals surface area contributed by atoms with Gasteiger partial charge in [-0.25, -0.2) is 21.1 Å². The quantitative estimate of drug-likeness (QED) is 0.869. The Kier molecular flexibility index (Phi) is 4.59. The largest absolute Gasteiger partial charge is 0.384 e. The van der Waals surface area contributed by atoms with Crippen LogP contribution in [-0.4, -0.2) is 48.0 Å². The predicted molar refractivity (Wildman–Crippen MR) is 74.6 cm³/mol. The average molecular weight is 306 g/mol. The van der Waals surface area contributed by atoms with Crippen LogP contribution < -0.4 is 5.32 Å². The number of rotatable bonds is 5. The van der Waals surface area contributed by atoms with Crippen molar-refractivity contribution in [3.8, 4) is 0 Å². The highest BCUT2D eigenvalue weighted by Crippen LogP contribution is 2.26. The summed E-state index contributed by atoms with van der Waals surface area (Å²) in [6, 6.07) is 4.04. The van der Waals surface area contributed by atoms with Gasteiger partial charge in [0.25, 0.3) is 0 Å². The minimum absolute atomic E-state index is 0.0189. The first-order chi connectivity index (χ1) is 8.60. The second-order valence-corrected chi connectivity index (χ2v) is 8.38. The first kappa shape index (κ1) is 15.9. The van der Waals surface area contributed by atoms with Gasteiger partial charge in [-0.2, -0.15) is 0 Å². The Morgan fingerprint density at radius 1 is 1.16 bits per heavy atom. The lowest BCUT2D eigenvalue weighted by Gasteiger charge is -2.16. The Balaban J connectivity index is 3.58. The normalized spacial score (nSPS) is 12.7. The summed E-state index contributed by atoms with van der Waals surface area (Å²) in [4.78, 5) is -0.0585. The molecule has 0 aliphatic heterocycles. The van der Waals surface area contributed by atoms with Gasteiger partial charge in [-0.1, -0.05) is 0 Å². The number of hydrogen-bond acceptors (Lipinski definition) is 5. The maximum absolute atomic E-state index is 12.2. The van der Waals surface area contributed by atoms with Gasteiger partial charge in [-0.3, -0.25) is 0 Å². The third-order valence-electron chi connectivity index (χ3n) is 2.51.